The van der Waals surface area contributed by atoms with E-state index in [1.807, 2.05) is 36.9 Å². The minimum absolute atomic E-state index is 0.0183. The van der Waals surface area contributed by atoms with E-state index in [-0.39, 0.29) is 11.8 Å². The number of ether oxygens (including phenoxy) is 2. The second kappa shape index (κ2) is 7.96. The lowest BCUT2D eigenvalue weighted by Gasteiger charge is -2.38. The Hall–Kier alpha value is -2.96. The molecule has 1 aromatic heterocycles. The van der Waals surface area contributed by atoms with Gasteiger partial charge in [-0.2, -0.15) is 0 Å². The lowest BCUT2D eigenvalue weighted by molar-refractivity contribution is -0.137. The highest BCUT2D eigenvalue weighted by Crippen LogP contribution is 2.34. The molecule has 3 rings (SSSR count). The zero-order chi connectivity index (χ0) is 20.3. The molecule has 1 aromatic carbocycles. The highest BCUT2D eigenvalue weighted by atomic mass is 16.5. The smallest absolute Gasteiger partial charge is 0.289 e. The Morgan fingerprint density at radius 2 is 1.61 bits per heavy atom. The third-order valence-electron chi connectivity index (χ3n) is 5.23. The van der Waals surface area contributed by atoms with Crippen LogP contribution < -0.4 is 9.47 Å². The van der Waals surface area contributed by atoms with E-state index in [2.05, 4.69) is 0 Å². The van der Waals surface area contributed by atoms with Crippen molar-refractivity contribution >= 4 is 11.8 Å². The standard InChI is InChI=1S/C21H26N2O5/c1-21(2,15-7-8-16(26-3)18(14-15)27-4)20(25)23-11-9-22(10-12-23)19(24)17-6-5-13-28-17/h5-8,13-14H,9-12H2,1-4H3. The number of benzene rings is 1. The molecule has 0 atom stereocenters. The molecule has 2 amide bonds. The molecule has 0 unspecified atom stereocenters. The van der Waals surface area contributed by atoms with Gasteiger partial charge in [0.1, 0.15) is 0 Å². The molecular weight excluding hydrogens is 360 g/mol. The van der Waals surface area contributed by atoms with E-state index < -0.39 is 5.41 Å². The molecule has 7 heteroatoms. The first-order valence-electron chi connectivity index (χ1n) is 9.23. The molecule has 7 nitrogen and oxygen atoms in total. The lowest BCUT2D eigenvalue weighted by Crippen LogP contribution is -2.54. The summed E-state index contributed by atoms with van der Waals surface area (Å²) >= 11 is 0. The molecule has 150 valence electrons. The summed E-state index contributed by atoms with van der Waals surface area (Å²) in [7, 11) is 3.16. The number of amides is 2. The maximum absolute atomic E-state index is 13.2. The van der Waals surface area contributed by atoms with Gasteiger partial charge in [-0.05, 0) is 43.7 Å². The van der Waals surface area contributed by atoms with Crippen molar-refractivity contribution in [1.29, 1.82) is 0 Å². The Morgan fingerprint density at radius 1 is 0.964 bits per heavy atom. The number of carbonyl (C=O) groups is 2. The van der Waals surface area contributed by atoms with Crippen molar-refractivity contribution in [2.75, 3.05) is 40.4 Å². The first-order valence-corrected chi connectivity index (χ1v) is 9.23. The molecule has 28 heavy (non-hydrogen) atoms. The van der Waals surface area contributed by atoms with Gasteiger partial charge >= 0.3 is 0 Å². The number of hydrogen-bond donors (Lipinski definition) is 0. The fraction of sp³-hybridized carbons (Fsp3) is 0.429. The van der Waals surface area contributed by atoms with Crippen LogP contribution in [0.2, 0.25) is 0 Å². The highest BCUT2D eigenvalue weighted by Gasteiger charge is 2.36. The number of furan rings is 1. The molecule has 0 saturated carbocycles. The molecule has 0 aliphatic carbocycles. The lowest BCUT2D eigenvalue weighted by atomic mass is 9.82. The van der Waals surface area contributed by atoms with Crippen LogP contribution in [0.15, 0.2) is 41.0 Å². The third kappa shape index (κ3) is 3.69. The van der Waals surface area contributed by atoms with Gasteiger partial charge in [0.25, 0.3) is 5.91 Å². The largest absolute Gasteiger partial charge is 0.493 e. The van der Waals surface area contributed by atoms with Gasteiger partial charge in [-0.15, -0.1) is 0 Å². The van der Waals surface area contributed by atoms with E-state index in [0.29, 0.717) is 43.4 Å². The monoisotopic (exact) mass is 386 g/mol. The SMILES string of the molecule is COc1ccc(C(C)(C)C(=O)N2CCN(C(=O)c3ccco3)CC2)cc1OC. The van der Waals surface area contributed by atoms with Gasteiger partial charge in [-0.3, -0.25) is 9.59 Å². The summed E-state index contributed by atoms with van der Waals surface area (Å²) in [5, 5.41) is 0. The van der Waals surface area contributed by atoms with Crippen LogP contribution >= 0.6 is 0 Å². The highest BCUT2D eigenvalue weighted by molar-refractivity contribution is 5.92. The number of nitrogens with zero attached hydrogens (tertiary/aromatic N) is 2. The van der Waals surface area contributed by atoms with Crippen LogP contribution in [-0.2, 0) is 10.2 Å². The van der Waals surface area contributed by atoms with E-state index in [1.54, 1.807) is 31.3 Å². The van der Waals surface area contributed by atoms with Crippen LogP contribution in [0.5, 0.6) is 11.5 Å². The molecular formula is C21H26N2O5. The number of carbonyl (C=O) groups excluding carboxylic acids is 2. The maximum Gasteiger partial charge on any atom is 0.289 e. The fourth-order valence-corrected chi connectivity index (χ4v) is 3.41. The summed E-state index contributed by atoms with van der Waals surface area (Å²) in [6.07, 6.45) is 1.48. The van der Waals surface area contributed by atoms with Gasteiger partial charge in [0, 0.05) is 26.2 Å². The summed E-state index contributed by atoms with van der Waals surface area (Å²) < 4.78 is 15.8. The summed E-state index contributed by atoms with van der Waals surface area (Å²) in [5.41, 5.74) is 0.122. The Balaban J connectivity index is 1.69. The third-order valence-corrected chi connectivity index (χ3v) is 5.23. The predicted molar refractivity (Wildman–Crippen MR) is 104 cm³/mol. The average Bonchev–Trinajstić information content (AvgIpc) is 3.27. The van der Waals surface area contributed by atoms with Gasteiger partial charge in [0.2, 0.25) is 5.91 Å². The first kappa shape index (κ1) is 19.8. The average molecular weight is 386 g/mol. The molecule has 0 bridgehead atoms. The molecule has 0 N–H and O–H groups in total. The predicted octanol–water partition coefficient (Wildman–Crippen LogP) is 2.56. The summed E-state index contributed by atoms with van der Waals surface area (Å²) in [5.74, 6) is 1.42. The van der Waals surface area contributed by atoms with Gasteiger partial charge in [-0.1, -0.05) is 6.07 Å². The maximum atomic E-state index is 13.2. The molecule has 1 aliphatic heterocycles. The Morgan fingerprint density at radius 3 is 2.18 bits per heavy atom. The summed E-state index contributed by atoms with van der Waals surface area (Å²) in [4.78, 5) is 29.1. The Bertz CT molecular complexity index is 836. The molecule has 0 radical (unpaired) electrons. The van der Waals surface area contributed by atoms with E-state index in [1.165, 1.54) is 6.26 Å². The molecule has 2 aromatic rings. The zero-order valence-electron chi connectivity index (χ0n) is 16.7. The van der Waals surface area contributed by atoms with Crippen molar-refractivity contribution in [2.45, 2.75) is 19.3 Å². The number of rotatable bonds is 5. The van der Waals surface area contributed by atoms with Gasteiger partial charge in [-0.25, -0.2) is 0 Å². The van der Waals surface area contributed by atoms with Crippen LogP contribution in [0.3, 0.4) is 0 Å². The second-order valence-corrected chi connectivity index (χ2v) is 7.26. The van der Waals surface area contributed by atoms with Crippen LogP contribution in [0.1, 0.15) is 30.0 Å². The summed E-state index contributed by atoms with van der Waals surface area (Å²) in [6, 6.07) is 8.88. The van der Waals surface area contributed by atoms with Gasteiger partial charge < -0.3 is 23.7 Å². The topological polar surface area (TPSA) is 72.2 Å². The molecule has 1 aliphatic rings. The van der Waals surface area contributed by atoms with Crippen molar-refractivity contribution in [1.82, 2.24) is 9.80 Å². The van der Waals surface area contributed by atoms with Crippen molar-refractivity contribution < 1.29 is 23.5 Å². The minimum Gasteiger partial charge on any atom is -0.493 e. The van der Waals surface area contributed by atoms with E-state index >= 15 is 0 Å². The van der Waals surface area contributed by atoms with E-state index in [4.69, 9.17) is 13.9 Å². The van der Waals surface area contributed by atoms with Gasteiger partial charge in [0.05, 0.1) is 25.9 Å². The number of hydrogen-bond acceptors (Lipinski definition) is 5. The van der Waals surface area contributed by atoms with Crippen LogP contribution in [-0.4, -0.2) is 62.0 Å². The van der Waals surface area contributed by atoms with Crippen molar-refractivity contribution in [3.05, 3.63) is 47.9 Å². The first-order chi connectivity index (χ1) is 13.4. The van der Waals surface area contributed by atoms with Crippen molar-refractivity contribution in [3.8, 4) is 11.5 Å². The van der Waals surface area contributed by atoms with Crippen molar-refractivity contribution in [2.24, 2.45) is 0 Å². The Kier molecular flexibility index (Phi) is 5.63. The normalized spacial score (nSPS) is 14.7. The number of piperazine rings is 1. The molecule has 1 fully saturated rings. The zero-order valence-corrected chi connectivity index (χ0v) is 16.7. The quantitative estimate of drug-likeness (QED) is 0.790. The summed E-state index contributed by atoms with van der Waals surface area (Å²) in [6.45, 7) is 5.73. The molecule has 1 saturated heterocycles. The van der Waals surface area contributed by atoms with Crippen LogP contribution in [0, 0.1) is 0 Å². The Labute approximate surface area is 164 Å². The van der Waals surface area contributed by atoms with E-state index in [9.17, 15) is 9.59 Å². The van der Waals surface area contributed by atoms with Crippen LogP contribution in [0.25, 0.3) is 0 Å². The van der Waals surface area contributed by atoms with Crippen LogP contribution in [0.4, 0.5) is 0 Å². The second-order valence-electron chi connectivity index (χ2n) is 7.26. The van der Waals surface area contributed by atoms with E-state index in [0.717, 1.165) is 5.56 Å². The minimum atomic E-state index is -0.729. The molecule has 2 heterocycles. The molecule has 0 spiro atoms. The van der Waals surface area contributed by atoms with Gasteiger partial charge in [0.15, 0.2) is 17.3 Å². The van der Waals surface area contributed by atoms with Crippen molar-refractivity contribution in [3.63, 3.8) is 0 Å². The fourth-order valence-electron chi connectivity index (χ4n) is 3.41. The number of methoxy groups -OCH3 is 2.